The highest BCUT2D eigenvalue weighted by Crippen LogP contribution is 2.39. The van der Waals surface area contributed by atoms with Gasteiger partial charge in [0, 0.05) is 23.8 Å². The molecule has 8 nitrogen and oxygen atoms in total. The molecule has 35 heavy (non-hydrogen) atoms. The van der Waals surface area contributed by atoms with Gasteiger partial charge in [0.15, 0.2) is 0 Å². The Morgan fingerprint density at radius 1 is 1.23 bits per heavy atom. The Morgan fingerprint density at radius 2 is 1.97 bits per heavy atom. The number of carbonyl (C=O) groups excluding carboxylic acids is 1. The molecule has 0 saturated carbocycles. The van der Waals surface area contributed by atoms with Crippen LogP contribution in [0.25, 0.3) is 11.3 Å². The molecule has 3 aromatic rings. The quantitative estimate of drug-likeness (QED) is 0.548. The first-order chi connectivity index (χ1) is 16.4. The van der Waals surface area contributed by atoms with E-state index in [0.29, 0.717) is 29.5 Å². The van der Waals surface area contributed by atoms with Crippen molar-refractivity contribution in [1.82, 2.24) is 14.7 Å². The second-order valence-corrected chi connectivity index (χ2v) is 11.1. The normalized spacial score (nSPS) is 17.4. The Balaban J connectivity index is 1.80. The first-order valence-electron chi connectivity index (χ1n) is 11.2. The molecule has 3 N–H and O–H groups in total. The van der Waals surface area contributed by atoms with Gasteiger partial charge in [0.2, 0.25) is 0 Å². The number of rotatable bonds is 5. The van der Waals surface area contributed by atoms with E-state index in [1.807, 2.05) is 11.0 Å². The number of amides is 1. The summed E-state index contributed by atoms with van der Waals surface area (Å²) in [4.78, 5) is 23.5. The van der Waals surface area contributed by atoms with E-state index in [2.05, 4.69) is 30.5 Å². The molecule has 2 aromatic heterocycles. The fourth-order valence-electron chi connectivity index (χ4n) is 4.35. The summed E-state index contributed by atoms with van der Waals surface area (Å²) in [6.45, 7) is 8.65. The van der Waals surface area contributed by atoms with Crippen LogP contribution in [0, 0.1) is 18.7 Å². The summed E-state index contributed by atoms with van der Waals surface area (Å²) >= 11 is 0. The fourth-order valence-corrected chi connectivity index (χ4v) is 5.40. The summed E-state index contributed by atoms with van der Waals surface area (Å²) in [6, 6.07) is 10.4. The maximum atomic E-state index is 14.1. The second kappa shape index (κ2) is 8.92. The van der Waals surface area contributed by atoms with Crippen molar-refractivity contribution < 1.29 is 17.6 Å². The summed E-state index contributed by atoms with van der Waals surface area (Å²) in [6.07, 6.45) is 2.24. The number of aromatic nitrogens is 2. The lowest BCUT2D eigenvalue weighted by Gasteiger charge is -2.36. The first kappa shape index (κ1) is 24.6. The van der Waals surface area contributed by atoms with Gasteiger partial charge in [-0.1, -0.05) is 6.92 Å². The molecule has 1 amide bonds. The van der Waals surface area contributed by atoms with Crippen LogP contribution in [-0.2, 0) is 10.0 Å². The minimum absolute atomic E-state index is 0.0927. The van der Waals surface area contributed by atoms with Gasteiger partial charge in [0.1, 0.15) is 22.3 Å². The molecule has 1 aromatic carbocycles. The van der Waals surface area contributed by atoms with Crippen molar-refractivity contribution in [2.24, 2.45) is 5.92 Å². The SMILES string of the molecule is Cc1cc(F)cc(-c2ccc(C(=O)NS(=O)(=O)c3cccnc3N)c(N3CCC(C)C3(C)C)n2)c1. The molecule has 1 fully saturated rings. The number of nitrogens with two attached hydrogens (primary N) is 1. The number of anilines is 2. The zero-order valence-electron chi connectivity index (χ0n) is 20.0. The lowest BCUT2D eigenvalue weighted by Crippen LogP contribution is -2.43. The van der Waals surface area contributed by atoms with E-state index >= 15 is 0 Å². The third-order valence-electron chi connectivity index (χ3n) is 6.72. The molecule has 1 aliphatic heterocycles. The number of sulfonamides is 1. The van der Waals surface area contributed by atoms with E-state index in [1.54, 1.807) is 13.0 Å². The molecular formula is C25H28FN5O3S. The van der Waals surface area contributed by atoms with Gasteiger partial charge in [0.05, 0.1) is 11.3 Å². The average Bonchev–Trinajstić information content (AvgIpc) is 3.04. The van der Waals surface area contributed by atoms with Gasteiger partial charge in [-0.2, -0.15) is 0 Å². The minimum atomic E-state index is -4.27. The molecule has 1 aliphatic rings. The first-order valence-corrected chi connectivity index (χ1v) is 12.7. The third kappa shape index (κ3) is 4.70. The van der Waals surface area contributed by atoms with Crippen molar-refractivity contribution in [1.29, 1.82) is 0 Å². The van der Waals surface area contributed by atoms with E-state index in [-0.39, 0.29) is 27.6 Å². The molecule has 1 atom stereocenters. The number of carbonyl (C=O) groups is 1. The summed E-state index contributed by atoms with van der Waals surface area (Å²) < 4.78 is 42.0. The van der Waals surface area contributed by atoms with Crippen LogP contribution in [-0.4, -0.2) is 36.4 Å². The van der Waals surface area contributed by atoms with Crippen molar-refractivity contribution in [2.75, 3.05) is 17.2 Å². The Morgan fingerprint density at radius 3 is 2.60 bits per heavy atom. The van der Waals surface area contributed by atoms with E-state index in [0.717, 1.165) is 12.0 Å². The summed E-state index contributed by atoms with van der Waals surface area (Å²) in [5, 5.41) is 0. The van der Waals surface area contributed by atoms with Crippen LogP contribution in [0.3, 0.4) is 0 Å². The van der Waals surface area contributed by atoms with Gasteiger partial charge in [-0.05, 0) is 81.1 Å². The largest absolute Gasteiger partial charge is 0.383 e. The predicted molar refractivity (Wildman–Crippen MR) is 133 cm³/mol. The predicted octanol–water partition coefficient (Wildman–Crippen LogP) is 3.92. The Kier molecular flexibility index (Phi) is 6.27. The van der Waals surface area contributed by atoms with Gasteiger partial charge in [-0.15, -0.1) is 0 Å². The van der Waals surface area contributed by atoms with Crippen molar-refractivity contribution in [3.8, 4) is 11.3 Å². The summed E-state index contributed by atoms with van der Waals surface area (Å²) in [7, 11) is -4.27. The number of pyridine rings is 2. The van der Waals surface area contributed by atoms with Crippen LogP contribution in [0.15, 0.2) is 53.6 Å². The van der Waals surface area contributed by atoms with Crippen LogP contribution < -0.4 is 15.4 Å². The number of nitrogens with one attached hydrogen (secondary N) is 1. The van der Waals surface area contributed by atoms with E-state index in [1.165, 1.54) is 36.5 Å². The van der Waals surface area contributed by atoms with Crippen molar-refractivity contribution in [3.05, 3.63) is 65.6 Å². The lowest BCUT2D eigenvalue weighted by molar-refractivity contribution is 0.0981. The second-order valence-electron chi connectivity index (χ2n) is 9.40. The Labute approximate surface area is 204 Å². The van der Waals surface area contributed by atoms with Gasteiger partial charge < -0.3 is 10.6 Å². The third-order valence-corrected chi connectivity index (χ3v) is 8.10. The van der Waals surface area contributed by atoms with Crippen molar-refractivity contribution >= 4 is 27.6 Å². The zero-order chi connectivity index (χ0) is 25.5. The molecule has 0 spiro atoms. The van der Waals surface area contributed by atoms with Crippen LogP contribution in [0.1, 0.15) is 43.1 Å². The summed E-state index contributed by atoms with van der Waals surface area (Å²) in [5.41, 5.74) is 7.25. The Bertz CT molecular complexity index is 1390. The molecule has 0 radical (unpaired) electrons. The van der Waals surface area contributed by atoms with Crippen molar-refractivity contribution in [2.45, 2.75) is 44.6 Å². The van der Waals surface area contributed by atoms with Crippen LogP contribution in [0.2, 0.25) is 0 Å². The maximum absolute atomic E-state index is 14.1. The number of hydrogen-bond donors (Lipinski definition) is 2. The number of nitrogen functional groups attached to an aromatic ring is 1. The standard InChI is InChI=1S/C25H28FN5O3S/c1-15-12-17(14-18(26)13-15)20-8-7-19(23(29-20)31-11-9-16(2)25(31,3)4)24(32)30-35(33,34)21-6-5-10-28-22(21)27/h5-8,10,12-14,16H,9,11H2,1-4H3,(H2,27,28)(H,30,32). The molecule has 3 heterocycles. The van der Waals surface area contributed by atoms with E-state index in [9.17, 15) is 17.6 Å². The summed E-state index contributed by atoms with van der Waals surface area (Å²) in [5.74, 6) is -0.796. The van der Waals surface area contributed by atoms with Gasteiger partial charge >= 0.3 is 0 Å². The van der Waals surface area contributed by atoms with Gasteiger partial charge in [0.25, 0.3) is 15.9 Å². The molecule has 10 heteroatoms. The monoisotopic (exact) mass is 497 g/mol. The molecule has 0 aliphatic carbocycles. The van der Waals surface area contributed by atoms with Crippen LogP contribution >= 0.6 is 0 Å². The highest BCUT2D eigenvalue weighted by atomic mass is 32.2. The van der Waals surface area contributed by atoms with Gasteiger partial charge in [-0.25, -0.2) is 27.5 Å². The molecule has 1 saturated heterocycles. The molecular weight excluding hydrogens is 469 g/mol. The average molecular weight is 498 g/mol. The highest BCUT2D eigenvalue weighted by molar-refractivity contribution is 7.90. The van der Waals surface area contributed by atoms with E-state index in [4.69, 9.17) is 10.7 Å². The number of halogens is 1. The zero-order valence-corrected chi connectivity index (χ0v) is 20.9. The van der Waals surface area contributed by atoms with Gasteiger partial charge in [-0.3, -0.25) is 4.79 Å². The number of hydrogen-bond acceptors (Lipinski definition) is 7. The van der Waals surface area contributed by atoms with Crippen LogP contribution in [0.4, 0.5) is 16.0 Å². The Hall–Kier alpha value is -3.53. The molecule has 4 rings (SSSR count). The van der Waals surface area contributed by atoms with E-state index < -0.39 is 15.9 Å². The topological polar surface area (TPSA) is 118 Å². The molecule has 184 valence electrons. The molecule has 0 bridgehead atoms. The number of aryl methyl sites for hydroxylation is 1. The minimum Gasteiger partial charge on any atom is -0.383 e. The number of benzene rings is 1. The van der Waals surface area contributed by atoms with Crippen molar-refractivity contribution in [3.63, 3.8) is 0 Å². The van der Waals surface area contributed by atoms with Crippen LogP contribution in [0.5, 0.6) is 0 Å². The molecule has 1 unspecified atom stereocenters. The smallest absolute Gasteiger partial charge is 0.268 e. The highest BCUT2D eigenvalue weighted by Gasteiger charge is 2.41. The lowest BCUT2D eigenvalue weighted by atomic mass is 9.90. The number of nitrogens with zero attached hydrogens (tertiary/aromatic N) is 3. The fraction of sp³-hybridized carbons (Fsp3) is 0.320. The maximum Gasteiger partial charge on any atom is 0.268 e.